The summed E-state index contributed by atoms with van der Waals surface area (Å²) in [6.45, 7) is 4.09. The number of rotatable bonds is 5. The van der Waals surface area contributed by atoms with E-state index in [0.29, 0.717) is 28.2 Å². The number of aromatic nitrogens is 4. The zero-order valence-electron chi connectivity index (χ0n) is 19.6. The molecule has 4 aromatic rings. The second kappa shape index (κ2) is 8.03. The maximum absolute atomic E-state index is 14.4. The predicted molar refractivity (Wildman–Crippen MR) is 129 cm³/mol. The molecule has 2 bridgehead atoms. The molecule has 7 rings (SSSR count). The van der Waals surface area contributed by atoms with Crippen LogP contribution in [-0.2, 0) is 4.79 Å². The van der Waals surface area contributed by atoms with E-state index in [-0.39, 0.29) is 29.4 Å². The summed E-state index contributed by atoms with van der Waals surface area (Å²) in [5.74, 6) is -1.31. The van der Waals surface area contributed by atoms with E-state index in [0.717, 1.165) is 37.1 Å². The maximum Gasteiger partial charge on any atom is 0.308 e. The highest BCUT2D eigenvalue weighted by atomic mass is 19.1. The molecule has 0 aliphatic heterocycles. The summed E-state index contributed by atoms with van der Waals surface area (Å²) >= 11 is 0. The van der Waals surface area contributed by atoms with Gasteiger partial charge >= 0.3 is 5.97 Å². The minimum atomic E-state index is -0.773. The molecule has 182 valence electrons. The minimum absolute atomic E-state index is 0.124. The molecule has 3 N–H and O–H groups in total. The number of carbonyl (C=O) groups is 1. The average molecular weight is 480 g/mol. The van der Waals surface area contributed by atoms with Crippen molar-refractivity contribution < 1.29 is 18.7 Å². The van der Waals surface area contributed by atoms with Gasteiger partial charge in [-0.2, -0.15) is 0 Å². The molecule has 3 aliphatic rings. The Balaban J connectivity index is 1.52. The average Bonchev–Trinajstić information content (AvgIpc) is 3.44. The van der Waals surface area contributed by atoms with Crippen LogP contribution >= 0.6 is 0 Å². The number of halogens is 2. The van der Waals surface area contributed by atoms with Gasteiger partial charge in [-0.25, -0.2) is 18.7 Å². The number of fused-ring (bicyclic) bond motifs is 5. The molecule has 3 fully saturated rings. The van der Waals surface area contributed by atoms with Gasteiger partial charge in [0.1, 0.15) is 23.1 Å². The number of H-pyrrole nitrogens is 1. The largest absolute Gasteiger partial charge is 0.481 e. The van der Waals surface area contributed by atoms with Gasteiger partial charge in [-0.3, -0.25) is 4.79 Å². The summed E-state index contributed by atoms with van der Waals surface area (Å²) < 4.78 is 30.4. The Morgan fingerprint density at radius 2 is 1.89 bits per heavy atom. The monoisotopic (exact) mass is 479 g/mol. The fourth-order valence-corrected chi connectivity index (χ4v) is 6.19. The van der Waals surface area contributed by atoms with Crippen LogP contribution in [0.5, 0.6) is 0 Å². The smallest absolute Gasteiger partial charge is 0.308 e. The van der Waals surface area contributed by atoms with Crippen molar-refractivity contribution in [2.75, 3.05) is 5.32 Å². The molecule has 0 amide bonds. The van der Waals surface area contributed by atoms with Crippen LogP contribution in [0.1, 0.15) is 45.6 Å². The number of hydrogen-bond donors (Lipinski definition) is 3. The number of nitrogens with one attached hydrogen (secondary N) is 2. The van der Waals surface area contributed by atoms with Gasteiger partial charge in [-0.05, 0) is 63.5 Å². The van der Waals surface area contributed by atoms with Gasteiger partial charge in [0, 0.05) is 41.5 Å². The van der Waals surface area contributed by atoms with Crippen LogP contribution in [0.4, 0.5) is 14.6 Å². The SMILES string of the molecule is CC(C)n1ccc2c(N[C@@H]3C4CCC(CC4)[C@H]3C(=O)O)nc(-c3c[nH]c4c(F)cc(F)cc34)nc21. The minimum Gasteiger partial charge on any atom is -0.481 e. The number of aromatic amines is 1. The van der Waals surface area contributed by atoms with Crippen LogP contribution in [0.2, 0.25) is 0 Å². The molecule has 0 saturated heterocycles. The van der Waals surface area contributed by atoms with Crippen LogP contribution in [0.25, 0.3) is 33.3 Å². The molecule has 9 heteroatoms. The zero-order valence-corrected chi connectivity index (χ0v) is 19.6. The zero-order chi connectivity index (χ0) is 24.4. The summed E-state index contributed by atoms with van der Waals surface area (Å²) in [5, 5.41) is 14.7. The van der Waals surface area contributed by atoms with Crippen LogP contribution in [-0.4, -0.2) is 36.6 Å². The molecule has 3 heterocycles. The van der Waals surface area contributed by atoms with E-state index in [1.54, 1.807) is 6.20 Å². The Morgan fingerprint density at radius 1 is 1.14 bits per heavy atom. The third kappa shape index (κ3) is 3.47. The van der Waals surface area contributed by atoms with E-state index in [2.05, 4.69) is 10.3 Å². The van der Waals surface area contributed by atoms with Crippen molar-refractivity contribution in [2.24, 2.45) is 17.8 Å². The van der Waals surface area contributed by atoms with Gasteiger partial charge < -0.3 is 20.0 Å². The first kappa shape index (κ1) is 22.0. The third-order valence-corrected chi connectivity index (χ3v) is 7.88. The Morgan fingerprint density at radius 3 is 2.60 bits per heavy atom. The van der Waals surface area contributed by atoms with Crippen molar-refractivity contribution in [3.63, 3.8) is 0 Å². The quantitative estimate of drug-likeness (QED) is 0.339. The van der Waals surface area contributed by atoms with Crippen LogP contribution in [0.3, 0.4) is 0 Å². The summed E-state index contributed by atoms with van der Waals surface area (Å²) in [5.41, 5.74) is 1.36. The van der Waals surface area contributed by atoms with E-state index >= 15 is 0 Å². The molecule has 0 spiro atoms. The van der Waals surface area contributed by atoms with Gasteiger partial charge in [0.2, 0.25) is 0 Å². The molecule has 1 aromatic carbocycles. The molecule has 35 heavy (non-hydrogen) atoms. The lowest BCUT2D eigenvalue weighted by molar-refractivity contribution is -0.148. The fraction of sp³-hybridized carbons (Fsp3) is 0.423. The molecule has 7 nitrogen and oxygen atoms in total. The van der Waals surface area contributed by atoms with E-state index < -0.39 is 23.5 Å². The van der Waals surface area contributed by atoms with Gasteiger partial charge in [-0.1, -0.05) is 0 Å². The first-order valence-electron chi connectivity index (χ1n) is 12.2. The second-order valence-electron chi connectivity index (χ2n) is 10.2. The highest BCUT2D eigenvalue weighted by molar-refractivity contribution is 5.97. The van der Waals surface area contributed by atoms with Crippen molar-refractivity contribution >= 4 is 33.7 Å². The van der Waals surface area contributed by atoms with E-state index in [9.17, 15) is 18.7 Å². The second-order valence-corrected chi connectivity index (χ2v) is 10.2. The summed E-state index contributed by atoms with van der Waals surface area (Å²) in [7, 11) is 0. The first-order valence-corrected chi connectivity index (χ1v) is 12.2. The van der Waals surface area contributed by atoms with Crippen LogP contribution < -0.4 is 5.32 Å². The first-order chi connectivity index (χ1) is 16.8. The number of hydrogen-bond acceptors (Lipinski definition) is 4. The number of carboxylic acid groups (broad SMARTS) is 1. The Hall–Kier alpha value is -3.49. The molecule has 3 aliphatic carbocycles. The van der Waals surface area contributed by atoms with Gasteiger partial charge in [-0.15, -0.1) is 0 Å². The van der Waals surface area contributed by atoms with Gasteiger partial charge in [0.25, 0.3) is 0 Å². The van der Waals surface area contributed by atoms with E-state index in [1.165, 1.54) is 6.07 Å². The topological polar surface area (TPSA) is 95.8 Å². The Labute approximate surface area is 200 Å². The molecule has 3 aromatic heterocycles. The standard InChI is InChI=1S/C26H27F2N5O2/c1-12(2)33-8-7-16-23(30-21-14-5-3-13(4-6-14)20(21)26(34)35)31-24(32-25(16)33)18-11-29-22-17(18)9-15(27)10-19(22)28/h7-14,20-21,29H,3-6H2,1-2H3,(H,34,35)(H,30,31,32)/t13?,14?,20-,21-/m1/s1. The summed E-state index contributed by atoms with van der Waals surface area (Å²) in [4.78, 5) is 24.7. The van der Waals surface area contributed by atoms with Crippen molar-refractivity contribution in [1.82, 2.24) is 19.5 Å². The van der Waals surface area contributed by atoms with Crippen molar-refractivity contribution in [3.05, 3.63) is 42.2 Å². The normalized spacial score (nSPS) is 24.0. The summed E-state index contributed by atoms with van der Waals surface area (Å²) in [6.07, 6.45) is 7.42. The third-order valence-electron chi connectivity index (χ3n) is 7.88. The number of nitrogens with zero attached hydrogens (tertiary/aromatic N) is 3. The number of anilines is 1. The molecule has 0 radical (unpaired) electrons. The Bertz CT molecular complexity index is 1450. The molecule has 3 saturated carbocycles. The Kier molecular flexibility index (Phi) is 5.05. The molecular weight excluding hydrogens is 452 g/mol. The van der Waals surface area contributed by atoms with E-state index in [4.69, 9.17) is 9.97 Å². The molecule has 0 unspecified atom stereocenters. The number of aliphatic carboxylic acids is 1. The van der Waals surface area contributed by atoms with Crippen molar-refractivity contribution in [2.45, 2.75) is 51.6 Å². The number of carboxylic acids is 1. The van der Waals surface area contributed by atoms with E-state index in [1.807, 2.05) is 30.7 Å². The highest BCUT2D eigenvalue weighted by Crippen LogP contribution is 2.47. The lowest BCUT2D eigenvalue weighted by Gasteiger charge is -2.47. The molecule has 2 atom stereocenters. The van der Waals surface area contributed by atoms with Gasteiger partial charge in [0.05, 0.1) is 16.8 Å². The maximum atomic E-state index is 14.4. The number of benzene rings is 1. The van der Waals surface area contributed by atoms with Crippen LogP contribution in [0, 0.1) is 29.4 Å². The van der Waals surface area contributed by atoms with Crippen LogP contribution in [0.15, 0.2) is 30.6 Å². The molecular formula is C26H27F2N5O2. The van der Waals surface area contributed by atoms with Crippen molar-refractivity contribution in [3.8, 4) is 11.4 Å². The van der Waals surface area contributed by atoms with Crippen molar-refractivity contribution in [1.29, 1.82) is 0 Å². The lowest BCUT2D eigenvalue weighted by atomic mass is 9.61. The fourth-order valence-electron chi connectivity index (χ4n) is 6.19. The lowest BCUT2D eigenvalue weighted by Crippen LogP contribution is -2.51. The highest BCUT2D eigenvalue weighted by Gasteiger charge is 2.47. The van der Waals surface area contributed by atoms with Gasteiger partial charge in [0.15, 0.2) is 5.82 Å². The summed E-state index contributed by atoms with van der Waals surface area (Å²) in [6, 6.07) is 3.94. The predicted octanol–water partition coefficient (Wildman–Crippen LogP) is 5.74.